The molecule has 0 atom stereocenters. The van der Waals surface area contributed by atoms with Gasteiger partial charge in [0.1, 0.15) is 11.6 Å². The van der Waals surface area contributed by atoms with E-state index in [1.54, 1.807) is 4.90 Å². The van der Waals surface area contributed by atoms with Gasteiger partial charge in [0.05, 0.1) is 18.8 Å². The molecule has 1 aliphatic carbocycles. The van der Waals surface area contributed by atoms with Gasteiger partial charge in [-0.05, 0) is 42.9 Å². The lowest BCUT2D eigenvalue weighted by atomic mass is 9.86. The van der Waals surface area contributed by atoms with E-state index in [0.29, 0.717) is 43.4 Å². The lowest BCUT2D eigenvalue weighted by molar-refractivity contribution is -0.142. The summed E-state index contributed by atoms with van der Waals surface area (Å²) in [5.41, 5.74) is 0.204. The summed E-state index contributed by atoms with van der Waals surface area (Å²) in [6, 6.07) is 5.51. The predicted molar refractivity (Wildman–Crippen MR) is 103 cm³/mol. The number of nitrogens with zero attached hydrogens (tertiary/aromatic N) is 3. The van der Waals surface area contributed by atoms with Crippen LogP contribution in [0.5, 0.6) is 0 Å². The average Bonchev–Trinajstić information content (AvgIpc) is 3.09. The van der Waals surface area contributed by atoms with Crippen LogP contribution in [-0.4, -0.2) is 32.9 Å². The number of carbonyl (C=O) groups is 2. The Morgan fingerprint density at radius 1 is 1.10 bits per heavy atom. The molecule has 0 unspecified atom stereocenters. The number of alkyl halides is 3. The van der Waals surface area contributed by atoms with Crippen molar-refractivity contribution in [2.45, 2.75) is 57.8 Å². The number of benzene rings is 1. The number of Topliss-reactive ketones (excluding diaryl/α,β-unsaturated/α-hetero) is 1. The summed E-state index contributed by atoms with van der Waals surface area (Å²) in [5, 5.41) is 3.82. The van der Waals surface area contributed by atoms with Crippen LogP contribution in [0, 0.1) is 11.7 Å². The van der Waals surface area contributed by atoms with Crippen LogP contribution >= 0.6 is 0 Å². The topological polar surface area (TPSA) is 55.2 Å². The number of halogens is 4. The molecule has 0 bridgehead atoms. The maximum atomic E-state index is 13.5. The fourth-order valence-corrected chi connectivity index (χ4v) is 4.39. The number of rotatable bonds is 4. The van der Waals surface area contributed by atoms with Gasteiger partial charge in [-0.25, -0.2) is 4.39 Å². The van der Waals surface area contributed by atoms with Crippen LogP contribution in [0.4, 0.5) is 17.6 Å². The van der Waals surface area contributed by atoms with E-state index in [1.807, 2.05) is 0 Å². The smallest absolute Gasteiger partial charge is 0.336 e. The van der Waals surface area contributed by atoms with Gasteiger partial charge < -0.3 is 4.90 Å². The number of hydrogen-bond donors (Lipinski definition) is 0. The Morgan fingerprint density at radius 3 is 2.42 bits per heavy atom. The summed E-state index contributed by atoms with van der Waals surface area (Å²) < 4.78 is 55.1. The third kappa shape index (κ3) is 4.80. The Kier molecular flexibility index (Phi) is 5.85. The second-order valence-electron chi connectivity index (χ2n) is 8.31. The van der Waals surface area contributed by atoms with Crippen LogP contribution in [0.2, 0.25) is 0 Å². The Labute approximate surface area is 177 Å². The number of hydrogen-bond acceptors (Lipinski definition) is 3. The zero-order chi connectivity index (χ0) is 22.2. The minimum Gasteiger partial charge on any atom is -0.336 e. The highest BCUT2D eigenvalue weighted by atomic mass is 19.4. The van der Waals surface area contributed by atoms with E-state index in [-0.39, 0.29) is 49.2 Å². The molecule has 1 aromatic carbocycles. The molecule has 0 spiro atoms. The van der Waals surface area contributed by atoms with Crippen molar-refractivity contribution in [2.24, 2.45) is 5.92 Å². The summed E-state index contributed by atoms with van der Waals surface area (Å²) in [7, 11) is 0. The molecule has 2 aromatic rings. The molecule has 1 saturated carbocycles. The molecule has 31 heavy (non-hydrogen) atoms. The molecule has 2 heterocycles. The quantitative estimate of drug-likeness (QED) is 0.676. The lowest BCUT2D eigenvalue weighted by Gasteiger charge is -2.30. The van der Waals surface area contributed by atoms with Gasteiger partial charge in [-0.2, -0.15) is 18.3 Å². The van der Waals surface area contributed by atoms with Gasteiger partial charge >= 0.3 is 6.18 Å². The number of carbonyl (C=O) groups excluding carboxylic acids is 2. The summed E-state index contributed by atoms with van der Waals surface area (Å²) >= 11 is 0. The number of fused-ring (bicyclic) bond motifs is 1. The minimum absolute atomic E-state index is 0.0596. The molecule has 1 fully saturated rings. The third-order valence-electron chi connectivity index (χ3n) is 6.13. The van der Waals surface area contributed by atoms with Crippen LogP contribution in [0.25, 0.3) is 0 Å². The third-order valence-corrected chi connectivity index (χ3v) is 6.13. The Morgan fingerprint density at radius 2 is 1.77 bits per heavy atom. The molecular weight excluding hydrogens is 414 g/mol. The summed E-state index contributed by atoms with van der Waals surface area (Å²) in [6.45, 7) is 0.332. The maximum Gasteiger partial charge on any atom is 0.435 e. The first-order valence-corrected chi connectivity index (χ1v) is 10.4. The molecule has 1 aliphatic heterocycles. The standard InChI is InChI=1S/C22H23F4N3O2/c23-16-5-1-15(2-6-16)12-29-19-13-28(10-9-18(19)21(27-29)22(24,25)26)20(31)11-14-3-7-17(30)8-4-14/h1-2,5-6,14H,3-4,7-13H2. The number of ketones is 1. The average molecular weight is 437 g/mol. The number of aromatic nitrogens is 2. The summed E-state index contributed by atoms with van der Waals surface area (Å²) in [4.78, 5) is 25.8. The van der Waals surface area contributed by atoms with Crippen molar-refractivity contribution < 1.29 is 27.2 Å². The Bertz CT molecular complexity index is 972. The van der Waals surface area contributed by atoms with E-state index < -0.39 is 17.7 Å². The van der Waals surface area contributed by atoms with Crippen LogP contribution in [-0.2, 0) is 35.3 Å². The summed E-state index contributed by atoms with van der Waals surface area (Å²) in [6.07, 6.45) is -1.85. The second kappa shape index (κ2) is 8.43. The van der Waals surface area contributed by atoms with E-state index >= 15 is 0 Å². The minimum atomic E-state index is -4.58. The predicted octanol–water partition coefficient (Wildman–Crippen LogP) is 4.12. The first-order chi connectivity index (χ1) is 14.7. The van der Waals surface area contributed by atoms with Crippen LogP contribution in [0.15, 0.2) is 24.3 Å². The highest BCUT2D eigenvalue weighted by Crippen LogP contribution is 2.36. The van der Waals surface area contributed by atoms with Gasteiger partial charge in [0, 0.05) is 31.4 Å². The van der Waals surface area contributed by atoms with Gasteiger partial charge in [0.25, 0.3) is 0 Å². The second-order valence-corrected chi connectivity index (χ2v) is 8.31. The monoisotopic (exact) mass is 437 g/mol. The van der Waals surface area contributed by atoms with Crippen molar-refractivity contribution >= 4 is 11.7 Å². The van der Waals surface area contributed by atoms with Crippen molar-refractivity contribution in [1.82, 2.24) is 14.7 Å². The molecular formula is C22H23F4N3O2. The lowest BCUT2D eigenvalue weighted by Crippen LogP contribution is -2.38. The molecule has 9 heteroatoms. The molecule has 0 saturated heterocycles. The number of amides is 1. The molecule has 0 radical (unpaired) electrons. The van der Waals surface area contributed by atoms with Gasteiger partial charge in [-0.3, -0.25) is 14.3 Å². The highest BCUT2D eigenvalue weighted by molar-refractivity contribution is 5.80. The van der Waals surface area contributed by atoms with E-state index in [1.165, 1.54) is 28.9 Å². The van der Waals surface area contributed by atoms with E-state index in [0.717, 1.165) is 0 Å². The Hall–Kier alpha value is -2.71. The SMILES string of the molecule is O=C1CCC(CC(=O)N2CCc3c(C(F)(F)F)nn(Cc4ccc(F)cc4)c3C2)CC1. The molecule has 4 rings (SSSR count). The normalized spacial score (nSPS) is 17.7. The van der Waals surface area contributed by atoms with Crippen molar-refractivity contribution in [3.63, 3.8) is 0 Å². The molecule has 5 nitrogen and oxygen atoms in total. The maximum absolute atomic E-state index is 13.5. The first kappa shape index (κ1) is 21.5. The molecule has 1 aromatic heterocycles. The van der Waals surface area contributed by atoms with Gasteiger partial charge in [0.2, 0.25) is 5.91 Å². The fourth-order valence-electron chi connectivity index (χ4n) is 4.39. The molecule has 2 aliphatic rings. The van der Waals surface area contributed by atoms with Crippen molar-refractivity contribution in [2.75, 3.05) is 6.54 Å². The molecule has 0 N–H and O–H groups in total. The first-order valence-electron chi connectivity index (χ1n) is 10.4. The fraction of sp³-hybridized carbons (Fsp3) is 0.500. The van der Waals surface area contributed by atoms with Crippen LogP contribution in [0.1, 0.15) is 54.6 Å². The van der Waals surface area contributed by atoms with E-state index in [9.17, 15) is 27.2 Å². The van der Waals surface area contributed by atoms with Gasteiger partial charge in [-0.1, -0.05) is 12.1 Å². The van der Waals surface area contributed by atoms with Gasteiger partial charge in [0.15, 0.2) is 5.69 Å². The largest absolute Gasteiger partial charge is 0.435 e. The van der Waals surface area contributed by atoms with Crippen LogP contribution < -0.4 is 0 Å². The van der Waals surface area contributed by atoms with Crippen molar-refractivity contribution in [3.05, 3.63) is 52.6 Å². The van der Waals surface area contributed by atoms with Crippen molar-refractivity contribution in [1.29, 1.82) is 0 Å². The molecule has 1 amide bonds. The van der Waals surface area contributed by atoms with E-state index in [4.69, 9.17) is 0 Å². The van der Waals surface area contributed by atoms with Crippen LogP contribution in [0.3, 0.4) is 0 Å². The summed E-state index contributed by atoms with van der Waals surface area (Å²) in [5.74, 6) is -0.173. The van der Waals surface area contributed by atoms with E-state index in [2.05, 4.69) is 5.10 Å². The Balaban J connectivity index is 1.54. The highest BCUT2D eigenvalue weighted by Gasteiger charge is 2.41. The van der Waals surface area contributed by atoms with Gasteiger partial charge in [-0.15, -0.1) is 0 Å². The zero-order valence-electron chi connectivity index (χ0n) is 16.9. The molecule has 166 valence electrons. The zero-order valence-corrected chi connectivity index (χ0v) is 16.9. The van der Waals surface area contributed by atoms with Crippen molar-refractivity contribution in [3.8, 4) is 0 Å².